The van der Waals surface area contributed by atoms with Crippen LogP contribution in [-0.2, 0) is 6.54 Å². The van der Waals surface area contributed by atoms with Crippen LogP contribution in [0.5, 0.6) is 0 Å². The van der Waals surface area contributed by atoms with Crippen molar-refractivity contribution < 1.29 is 13.6 Å². The van der Waals surface area contributed by atoms with Gasteiger partial charge in [0.1, 0.15) is 11.6 Å². The Morgan fingerprint density at radius 3 is 2.65 bits per heavy atom. The molecular formula is C20H17F2N3O. The molecule has 1 atom stereocenters. The number of aromatic nitrogens is 1. The van der Waals surface area contributed by atoms with E-state index in [-0.39, 0.29) is 11.5 Å². The fraction of sp³-hybridized carbons (Fsp3) is 0.150. The number of para-hydroxylation sites is 1. The predicted molar refractivity (Wildman–Crippen MR) is 94.8 cm³/mol. The minimum Gasteiger partial charge on any atom is -0.348 e. The fourth-order valence-corrected chi connectivity index (χ4v) is 3.38. The Kier molecular flexibility index (Phi) is 4.16. The van der Waals surface area contributed by atoms with E-state index in [0.717, 1.165) is 5.69 Å². The van der Waals surface area contributed by atoms with E-state index < -0.39 is 17.9 Å². The van der Waals surface area contributed by atoms with Gasteiger partial charge in [-0.3, -0.25) is 0 Å². The molecular weight excluding hydrogens is 336 g/mol. The second-order valence-corrected chi connectivity index (χ2v) is 6.19. The van der Waals surface area contributed by atoms with Crippen molar-refractivity contribution in [2.75, 3.05) is 11.9 Å². The maximum Gasteiger partial charge on any atom is 0.322 e. The predicted octanol–water partition coefficient (Wildman–Crippen LogP) is 4.40. The number of anilines is 1. The number of hydrogen-bond acceptors (Lipinski definition) is 1. The van der Waals surface area contributed by atoms with E-state index in [1.165, 1.54) is 24.3 Å². The van der Waals surface area contributed by atoms with Gasteiger partial charge in [-0.15, -0.1) is 0 Å². The van der Waals surface area contributed by atoms with Crippen molar-refractivity contribution in [2.45, 2.75) is 12.6 Å². The molecule has 2 amide bonds. The molecule has 0 unspecified atom stereocenters. The SMILES string of the molecule is O=C(Nc1ccccc1F)N1CCn2cccc2[C@H]1c1cccc(F)c1. The van der Waals surface area contributed by atoms with Crippen LogP contribution < -0.4 is 5.32 Å². The molecule has 0 saturated heterocycles. The summed E-state index contributed by atoms with van der Waals surface area (Å²) in [6, 6.07) is 15.2. The number of nitrogens with one attached hydrogen (secondary N) is 1. The smallest absolute Gasteiger partial charge is 0.322 e. The molecule has 0 bridgehead atoms. The summed E-state index contributed by atoms with van der Waals surface area (Å²) in [5.41, 5.74) is 1.69. The van der Waals surface area contributed by atoms with E-state index in [1.54, 1.807) is 29.2 Å². The van der Waals surface area contributed by atoms with Crippen LogP contribution in [0.4, 0.5) is 19.3 Å². The van der Waals surface area contributed by atoms with Crippen LogP contribution in [-0.4, -0.2) is 22.0 Å². The third-order valence-electron chi connectivity index (χ3n) is 4.58. The summed E-state index contributed by atoms with van der Waals surface area (Å²) in [7, 11) is 0. The van der Waals surface area contributed by atoms with Crippen molar-refractivity contribution >= 4 is 11.7 Å². The zero-order valence-electron chi connectivity index (χ0n) is 13.9. The van der Waals surface area contributed by atoms with E-state index in [0.29, 0.717) is 18.7 Å². The molecule has 2 heterocycles. The normalized spacial score (nSPS) is 16.2. The fourth-order valence-electron chi connectivity index (χ4n) is 3.38. The van der Waals surface area contributed by atoms with E-state index in [2.05, 4.69) is 5.32 Å². The molecule has 6 heteroatoms. The molecule has 2 aromatic carbocycles. The zero-order valence-corrected chi connectivity index (χ0v) is 13.9. The largest absolute Gasteiger partial charge is 0.348 e. The Labute approximate surface area is 149 Å². The molecule has 0 fully saturated rings. The number of halogens is 2. The Bertz CT molecular complexity index is 953. The van der Waals surface area contributed by atoms with E-state index >= 15 is 0 Å². The number of fused-ring (bicyclic) bond motifs is 1. The number of urea groups is 1. The van der Waals surface area contributed by atoms with Crippen LogP contribution in [0.3, 0.4) is 0 Å². The second-order valence-electron chi connectivity index (χ2n) is 6.19. The lowest BCUT2D eigenvalue weighted by atomic mass is 10.00. The first kappa shape index (κ1) is 16.3. The number of carbonyl (C=O) groups is 1. The van der Waals surface area contributed by atoms with Gasteiger partial charge in [0.05, 0.1) is 11.7 Å². The van der Waals surface area contributed by atoms with Gasteiger partial charge in [0.15, 0.2) is 0 Å². The number of rotatable bonds is 2. The first-order chi connectivity index (χ1) is 12.6. The Hall–Kier alpha value is -3.15. The molecule has 132 valence electrons. The van der Waals surface area contributed by atoms with Crippen LogP contribution >= 0.6 is 0 Å². The van der Waals surface area contributed by atoms with E-state index in [9.17, 15) is 13.6 Å². The maximum absolute atomic E-state index is 13.9. The molecule has 26 heavy (non-hydrogen) atoms. The van der Waals surface area contributed by atoms with Gasteiger partial charge >= 0.3 is 6.03 Å². The average molecular weight is 353 g/mol. The summed E-state index contributed by atoms with van der Waals surface area (Å²) in [6.45, 7) is 1.06. The highest BCUT2D eigenvalue weighted by Gasteiger charge is 2.32. The zero-order chi connectivity index (χ0) is 18.1. The van der Waals surface area contributed by atoms with Crippen molar-refractivity contribution in [2.24, 2.45) is 0 Å². The monoisotopic (exact) mass is 353 g/mol. The molecule has 1 aliphatic heterocycles. The molecule has 1 aliphatic rings. The van der Waals surface area contributed by atoms with Gasteiger partial charge in [-0.05, 0) is 42.0 Å². The number of benzene rings is 2. The maximum atomic E-state index is 13.9. The average Bonchev–Trinajstić information content (AvgIpc) is 3.11. The minimum absolute atomic E-state index is 0.122. The third kappa shape index (κ3) is 2.94. The summed E-state index contributed by atoms with van der Waals surface area (Å²) >= 11 is 0. The summed E-state index contributed by atoms with van der Waals surface area (Å²) in [5, 5.41) is 2.63. The summed E-state index contributed by atoms with van der Waals surface area (Å²) in [6.07, 6.45) is 1.94. The van der Waals surface area contributed by atoms with Crippen molar-refractivity contribution in [1.82, 2.24) is 9.47 Å². The molecule has 1 aromatic heterocycles. The quantitative estimate of drug-likeness (QED) is 0.728. The minimum atomic E-state index is -0.497. The lowest BCUT2D eigenvalue weighted by Gasteiger charge is -2.37. The van der Waals surface area contributed by atoms with Crippen LogP contribution in [0.25, 0.3) is 0 Å². The van der Waals surface area contributed by atoms with E-state index in [4.69, 9.17) is 0 Å². The number of nitrogens with zero attached hydrogens (tertiary/aromatic N) is 2. The van der Waals surface area contributed by atoms with Crippen molar-refractivity contribution in [3.8, 4) is 0 Å². The van der Waals surface area contributed by atoms with Gasteiger partial charge in [0.2, 0.25) is 0 Å². The standard InChI is InChI=1S/C20H17F2N3O/c21-15-6-3-5-14(13-15)19-18-9-4-10-24(18)11-12-25(19)20(26)23-17-8-2-1-7-16(17)22/h1-10,13,19H,11-12H2,(H,23,26)/t19-/m1/s1. The van der Waals surface area contributed by atoms with Gasteiger partial charge < -0.3 is 14.8 Å². The highest BCUT2D eigenvalue weighted by atomic mass is 19.1. The van der Waals surface area contributed by atoms with Gasteiger partial charge in [0.25, 0.3) is 0 Å². The van der Waals surface area contributed by atoms with Gasteiger partial charge in [-0.25, -0.2) is 13.6 Å². The lowest BCUT2D eigenvalue weighted by molar-refractivity contribution is 0.181. The topological polar surface area (TPSA) is 37.3 Å². The van der Waals surface area contributed by atoms with Crippen LogP contribution in [0.15, 0.2) is 66.9 Å². The molecule has 3 aromatic rings. The molecule has 1 N–H and O–H groups in total. The third-order valence-corrected chi connectivity index (χ3v) is 4.58. The van der Waals surface area contributed by atoms with Crippen LogP contribution in [0.1, 0.15) is 17.3 Å². The summed E-state index contributed by atoms with van der Waals surface area (Å²) in [4.78, 5) is 14.5. The van der Waals surface area contributed by atoms with Gasteiger partial charge in [-0.2, -0.15) is 0 Å². The van der Waals surface area contributed by atoms with Crippen molar-refractivity contribution in [3.05, 3.63) is 89.8 Å². The summed E-state index contributed by atoms with van der Waals surface area (Å²) in [5.74, 6) is -0.857. The first-order valence-electron chi connectivity index (χ1n) is 8.36. The van der Waals surface area contributed by atoms with Crippen molar-refractivity contribution in [3.63, 3.8) is 0 Å². The molecule has 4 nitrogen and oxygen atoms in total. The van der Waals surface area contributed by atoms with Crippen LogP contribution in [0.2, 0.25) is 0 Å². The number of amides is 2. The lowest BCUT2D eigenvalue weighted by Crippen LogP contribution is -2.44. The van der Waals surface area contributed by atoms with Crippen molar-refractivity contribution in [1.29, 1.82) is 0 Å². The Morgan fingerprint density at radius 2 is 1.85 bits per heavy atom. The number of carbonyl (C=O) groups excluding carboxylic acids is 1. The molecule has 4 rings (SSSR count). The van der Waals surface area contributed by atoms with Gasteiger partial charge in [0, 0.05) is 25.0 Å². The Balaban J connectivity index is 1.70. The molecule has 0 spiro atoms. The van der Waals surface area contributed by atoms with E-state index in [1.807, 2.05) is 22.9 Å². The Morgan fingerprint density at radius 1 is 1.00 bits per heavy atom. The highest BCUT2D eigenvalue weighted by Crippen LogP contribution is 2.33. The number of hydrogen-bond donors (Lipinski definition) is 1. The van der Waals surface area contributed by atoms with Crippen LogP contribution in [0, 0.1) is 11.6 Å². The second kappa shape index (κ2) is 6.63. The first-order valence-corrected chi connectivity index (χ1v) is 8.36. The molecule has 0 aliphatic carbocycles. The molecule has 0 radical (unpaired) electrons. The summed E-state index contributed by atoms with van der Waals surface area (Å²) < 4.78 is 29.7. The molecule has 0 saturated carbocycles. The highest BCUT2D eigenvalue weighted by molar-refractivity contribution is 5.90. The van der Waals surface area contributed by atoms with Gasteiger partial charge in [-0.1, -0.05) is 24.3 Å².